The van der Waals surface area contributed by atoms with E-state index in [4.69, 9.17) is 16.6 Å². The molecule has 32 heavy (non-hydrogen) atoms. The number of halogens is 3. The Morgan fingerprint density at radius 3 is 2.41 bits per heavy atom. The summed E-state index contributed by atoms with van der Waals surface area (Å²) in [7, 11) is 0. The first kappa shape index (κ1) is 20.1. The third-order valence-corrected chi connectivity index (χ3v) is 7.73. The molecule has 6 rings (SSSR count). The van der Waals surface area contributed by atoms with Gasteiger partial charge in [0.1, 0.15) is 17.5 Å². The van der Waals surface area contributed by atoms with E-state index in [0.29, 0.717) is 29.2 Å². The average molecular weight is 452 g/mol. The molecule has 2 aromatic heterocycles. The fourth-order valence-electron chi connectivity index (χ4n) is 5.75. The van der Waals surface area contributed by atoms with Gasteiger partial charge in [-0.3, -0.25) is 4.98 Å². The zero-order valence-corrected chi connectivity index (χ0v) is 18.4. The second-order valence-corrected chi connectivity index (χ2v) is 9.85. The van der Waals surface area contributed by atoms with Gasteiger partial charge in [0.15, 0.2) is 0 Å². The van der Waals surface area contributed by atoms with Crippen LogP contribution in [0.1, 0.15) is 61.7 Å². The molecule has 2 aliphatic carbocycles. The highest BCUT2D eigenvalue weighted by Gasteiger charge is 2.41. The number of nitrogens with zero attached hydrogens (tertiary/aromatic N) is 2. The minimum Gasteiger partial charge on any atom is -0.342 e. The van der Waals surface area contributed by atoms with E-state index in [-0.39, 0.29) is 10.8 Å². The average Bonchev–Trinajstić information content (AvgIpc) is 3.55. The van der Waals surface area contributed by atoms with Gasteiger partial charge < -0.3 is 4.98 Å². The van der Waals surface area contributed by atoms with Crippen molar-refractivity contribution in [1.82, 2.24) is 15.0 Å². The number of imidazole rings is 1. The number of hydrogen-bond acceptors (Lipinski definition) is 2. The van der Waals surface area contributed by atoms with Crippen LogP contribution in [0.5, 0.6) is 0 Å². The Hall–Kier alpha value is -2.53. The van der Waals surface area contributed by atoms with Crippen LogP contribution in [-0.4, -0.2) is 15.0 Å². The quantitative estimate of drug-likeness (QED) is 0.348. The van der Waals surface area contributed by atoms with Crippen molar-refractivity contribution in [2.45, 2.75) is 50.4 Å². The van der Waals surface area contributed by atoms with Crippen LogP contribution in [0.25, 0.3) is 21.9 Å². The Morgan fingerprint density at radius 2 is 1.66 bits per heavy atom. The maximum atomic E-state index is 13.9. The van der Waals surface area contributed by atoms with Crippen LogP contribution < -0.4 is 0 Å². The van der Waals surface area contributed by atoms with Gasteiger partial charge in [0, 0.05) is 23.6 Å². The molecule has 0 bridgehead atoms. The predicted molar refractivity (Wildman–Crippen MR) is 123 cm³/mol. The maximum Gasteiger partial charge on any atom is 0.144 e. The molecule has 0 spiro atoms. The van der Waals surface area contributed by atoms with E-state index < -0.39 is 5.82 Å². The highest BCUT2D eigenvalue weighted by Crippen LogP contribution is 2.52. The number of rotatable bonds is 4. The predicted octanol–water partition coefficient (Wildman–Crippen LogP) is 7.51. The minimum atomic E-state index is -0.418. The number of hydrogen-bond donors (Lipinski definition) is 1. The zero-order valence-electron chi connectivity index (χ0n) is 17.6. The molecule has 164 valence electrons. The summed E-state index contributed by atoms with van der Waals surface area (Å²) in [6.45, 7) is 0. The molecule has 2 saturated carbocycles. The van der Waals surface area contributed by atoms with Crippen LogP contribution in [0.4, 0.5) is 8.78 Å². The summed E-state index contributed by atoms with van der Waals surface area (Å²) in [6.07, 6.45) is 8.66. The van der Waals surface area contributed by atoms with Gasteiger partial charge in [-0.2, -0.15) is 0 Å². The molecule has 3 nitrogen and oxygen atoms in total. The van der Waals surface area contributed by atoms with E-state index in [2.05, 4.69) is 16.0 Å². The van der Waals surface area contributed by atoms with Crippen LogP contribution >= 0.6 is 11.6 Å². The second kappa shape index (κ2) is 7.80. The van der Waals surface area contributed by atoms with Crippen LogP contribution in [-0.2, 0) is 0 Å². The standard InChI is InChI=1S/C26H24ClF2N3/c27-20-12-23-24(13-21(20)29)32-26(31-23)25(16-5-6-16)15-3-1-14(2-4-15)18-9-10-30-22-8-7-17(28)11-19(18)22/h7-16,25H,1-6H2,(H,31,32)/t14?,15?,25-/m0/s1. The van der Waals surface area contributed by atoms with Gasteiger partial charge >= 0.3 is 0 Å². The zero-order chi connectivity index (χ0) is 21.8. The summed E-state index contributed by atoms with van der Waals surface area (Å²) in [4.78, 5) is 12.6. The molecular weight excluding hydrogens is 428 g/mol. The number of nitrogens with one attached hydrogen (secondary N) is 1. The topological polar surface area (TPSA) is 41.6 Å². The Labute approximate surface area is 190 Å². The molecule has 4 aromatic rings. The van der Waals surface area contributed by atoms with Gasteiger partial charge in [0.25, 0.3) is 0 Å². The molecule has 2 fully saturated rings. The smallest absolute Gasteiger partial charge is 0.144 e. The van der Waals surface area contributed by atoms with Crippen LogP contribution in [0, 0.1) is 23.5 Å². The molecule has 0 unspecified atom stereocenters. The van der Waals surface area contributed by atoms with Crippen molar-refractivity contribution < 1.29 is 8.78 Å². The molecule has 0 amide bonds. The molecule has 2 aliphatic rings. The van der Waals surface area contributed by atoms with E-state index in [9.17, 15) is 8.78 Å². The SMILES string of the molecule is Fc1ccc2nccc(C3CCC([C@H](c4nc5cc(Cl)c(F)cc5[nH]4)C4CC4)CC3)c2c1. The lowest BCUT2D eigenvalue weighted by atomic mass is 9.72. The first-order valence-corrected chi connectivity index (χ1v) is 11.8. The first-order valence-electron chi connectivity index (χ1n) is 11.5. The van der Waals surface area contributed by atoms with Gasteiger partial charge in [-0.25, -0.2) is 13.8 Å². The number of aromatic amines is 1. The molecular formula is C26H24ClF2N3. The number of H-pyrrole nitrogens is 1. The second-order valence-electron chi connectivity index (χ2n) is 9.44. The largest absolute Gasteiger partial charge is 0.342 e. The monoisotopic (exact) mass is 451 g/mol. The van der Waals surface area contributed by atoms with E-state index >= 15 is 0 Å². The van der Waals surface area contributed by atoms with E-state index in [1.54, 1.807) is 18.2 Å². The van der Waals surface area contributed by atoms with E-state index in [0.717, 1.165) is 47.9 Å². The van der Waals surface area contributed by atoms with Crippen LogP contribution in [0.2, 0.25) is 5.02 Å². The lowest BCUT2D eigenvalue weighted by Gasteiger charge is -2.34. The van der Waals surface area contributed by atoms with Crippen LogP contribution in [0.3, 0.4) is 0 Å². The van der Waals surface area contributed by atoms with Crippen molar-refractivity contribution in [3.63, 3.8) is 0 Å². The summed E-state index contributed by atoms with van der Waals surface area (Å²) in [6, 6.07) is 9.98. The molecule has 1 N–H and O–H groups in total. The maximum absolute atomic E-state index is 13.9. The van der Waals surface area contributed by atoms with Crippen molar-refractivity contribution in [3.8, 4) is 0 Å². The van der Waals surface area contributed by atoms with Crippen molar-refractivity contribution in [3.05, 3.63) is 70.6 Å². The summed E-state index contributed by atoms with van der Waals surface area (Å²) in [5, 5.41) is 1.05. The number of benzene rings is 2. The van der Waals surface area contributed by atoms with Gasteiger partial charge in [0.2, 0.25) is 0 Å². The molecule has 2 heterocycles. The van der Waals surface area contributed by atoms with Gasteiger partial charge in [-0.1, -0.05) is 11.6 Å². The number of aromatic nitrogens is 3. The molecule has 1 atom stereocenters. The molecule has 2 aromatic carbocycles. The van der Waals surface area contributed by atoms with Crippen molar-refractivity contribution in [2.75, 3.05) is 0 Å². The summed E-state index contributed by atoms with van der Waals surface area (Å²) in [5.74, 6) is 2.33. The van der Waals surface area contributed by atoms with E-state index in [1.165, 1.54) is 30.5 Å². The Bertz CT molecular complexity index is 1270. The van der Waals surface area contributed by atoms with Crippen molar-refractivity contribution >= 4 is 33.5 Å². The normalized spacial score (nSPS) is 22.5. The highest BCUT2D eigenvalue weighted by atomic mass is 35.5. The van der Waals surface area contributed by atoms with Crippen LogP contribution in [0.15, 0.2) is 42.6 Å². The lowest BCUT2D eigenvalue weighted by Crippen LogP contribution is -2.22. The number of fused-ring (bicyclic) bond motifs is 2. The third kappa shape index (κ3) is 3.57. The Balaban J connectivity index is 1.26. The summed E-state index contributed by atoms with van der Waals surface area (Å²) >= 11 is 5.97. The summed E-state index contributed by atoms with van der Waals surface area (Å²) < 4.78 is 27.8. The fourth-order valence-corrected chi connectivity index (χ4v) is 5.91. The van der Waals surface area contributed by atoms with Gasteiger partial charge in [-0.05, 0) is 92.2 Å². The molecule has 0 radical (unpaired) electrons. The lowest BCUT2D eigenvalue weighted by molar-refractivity contribution is 0.259. The molecule has 6 heteroatoms. The third-order valence-electron chi connectivity index (χ3n) is 7.44. The van der Waals surface area contributed by atoms with Crippen molar-refractivity contribution in [2.24, 2.45) is 11.8 Å². The molecule has 0 saturated heterocycles. The number of pyridine rings is 1. The fraction of sp³-hybridized carbons (Fsp3) is 0.385. The molecule has 0 aliphatic heterocycles. The van der Waals surface area contributed by atoms with Gasteiger partial charge in [0.05, 0.1) is 21.6 Å². The minimum absolute atomic E-state index is 0.111. The Morgan fingerprint density at radius 1 is 0.906 bits per heavy atom. The van der Waals surface area contributed by atoms with Crippen molar-refractivity contribution in [1.29, 1.82) is 0 Å². The van der Waals surface area contributed by atoms with E-state index in [1.807, 2.05) is 6.20 Å². The first-order chi connectivity index (χ1) is 15.6. The van der Waals surface area contributed by atoms with Gasteiger partial charge in [-0.15, -0.1) is 0 Å². The highest BCUT2D eigenvalue weighted by molar-refractivity contribution is 6.31. The summed E-state index contributed by atoms with van der Waals surface area (Å²) in [5.41, 5.74) is 3.52. The Kier molecular flexibility index (Phi) is 4.90.